The Kier molecular flexibility index (Phi) is 8.21. The van der Waals surface area contributed by atoms with Gasteiger partial charge in [0.1, 0.15) is 17.1 Å². The molecule has 1 aliphatic rings. The summed E-state index contributed by atoms with van der Waals surface area (Å²) in [4.78, 5) is 12.6. The molecule has 1 aromatic carbocycles. The molecular weight excluding hydrogens is 409 g/mol. The molecule has 2 N–H and O–H groups in total. The number of allylic oxidation sites excluding steroid dienone is 3. The zero-order chi connectivity index (χ0) is 23.3. The summed E-state index contributed by atoms with van der Waals surface area (Å²) in [5, 5.41) is 21.8. The summed E-state index contributed by atoms with van der Waals surface area (Å²) in [6, 6.07) is 1.38. The number of carbonyl (C=O) groups is 1. The minimum atomic E-state index is -4.68. The molecule has 2 atom stereocenters. The summed E-state index contributed by atoms with van der Waals surface area (Å²) in [7, 11) is 0. The van der Waals surface area contributed by atoms with Gasteiger partial charge in [-0.05, 0) is 57.1 Å². The zero-order valence-corrected chi connectivity index (χ0v) is 18.3. The van der Waals surface area contributed by atoms with Crippen molar-refractivity contribution >= 4 is 5.97 Å². The van der Waals surface area contributed by atoms with Gasteiger partial charge in [0.25, 0.3) is 0 Å². The SMILES string of the molecule is C=C(C)[C@@H]1CCC(C)=CC1c1c(O)cc(CCCCC)c(C(=O)OCC(F)(F)F)c1O. The van der Waals surface area contributed by atoms with E-state index in [2.05, 4.69) is 11.3 Å². The third kappa shape index (κ3) is 6.28. The largest absolute Gasteiger partial charge is 0.507 e. The van der Waals surface area contributed by atoms with Gasteiger partial charge in [0.05, 0.1) is 0 Å². The standard InChI is InChI=1S/C24H31F3O4/c1-5-6-7-8-16-12-19(28)21(18-11-15(4)9-10-17(18)14(2)3)22(29)20(16)23(30)31-13-24(25,26)27/h11-12,17-18,28-29H,2,5-10,13H2,1,3-4H3/t17-,18?/m0/s1. The number of unbranched alkanes of at least 4 members (excludes halogenated alkanes) is 2. The Labute approximate surface area is 181 Å². The minimum absolute atomic E-state index is 0.0783. The molecule has 0 spiro atoms. The Morgan fingerprint density at radius 1 is 1.29 bits per heavy atom. The molecule has 172 valence electrons. The topological polar surface area (TPSA) is 66.8 Å². The van der Waals surface area contributed by atoms with Gasteiger partial charge in [-0.15, -0.1) is 0 Å². The molecule has 0 amide bonds. The van der Waals surface area contributed by atoms with Crippen LogP contribution < -0.4 is 0 Å². The fourth-order valence-electron chi connectivity index (χ4n) is 4.17. The highest BCUT2D eigenvalue weighted by molar-refractivity contribution is 5.95. The molecule has 2 rings (SSSR count). The van der Waals surface area contributed by atoms with E-state index in [1.807, 2.05) is 26.8 Å². The van der Waals surface area contributed by atoms with E-state index in [1.165, 1.54) is 6.07 Å². The Morgan fingerprint density at radius 3 is 2.55 bits per heavy atom. The average Bonchev–Trinajstić information content (AvgIpc) is 2.65. The van der Waals surface area contributed by atoms with Crippen molar-refractivity contribution in [1.29, 1.82) is 0 Å². The van der Waals surface area contributed by atoms with Crippen LogP contribution in [0.15, 0.2) is 29.9 Å². The number of ether oxygens (including phenoxy) is 1. The fourth-order valence-corrected chi connectivity index (χ4v) is 4.17. The zero-order valence-electron chi connectivity index (χ0n) is 18.3. The van der Waals surface area contributed by atoms with Crippen LogP contribution in [0.1, 0.15) is 80.3 Å². The predicted molar refractivity (Wildman–Crippen MR) is 113 cm³/mol. The van der Waals surface area contributed by atoms with Crippen LogP contribution >= 0.6 is 0 Å². The van der Waals surface area contributed by atoms with Gasteiger partial charge in [-0.3, -0.25) is 0 Å². The second-order valence-corrected chi connectivity index (χ2v) is 8.37. The average molecular weight is 441 g/mol. The third-order valence-electron chi connectivity index (χ3n) is 5.73. The van der Waals surface area contributed by atoms with Crippen molar-refractivity contribution in [3.05, 3.63) is 46.6 Å². The van der Waals surface area contributed by atoms with Crippen LogP contribution in [0.2, 0.25) is 0 Å². The van der Waals surface area contributed by atoms with E-state index >= 15 is 0 Å². The maximum atomic E-state index is 12.6. The van der Waals surface area contributed by atoms with Gasteiger partial charge in [-0.25, -0.2) is 4.79 Å². The fraction of sp³-hybridized carbons (Fsp3) is 0.542. The molecule has 0 heterocycles. The van der Waals surface area contributed by atoms with E-state index in [0.717, 1.165) is 36.8 Å². The molecule has 0 radical (unpaired) electrons. The Bertz CT molecular complexity index is 855. The highest BCUT2D eigenvalue weighted by Gasteiger charge is 2.35. The van der Waals surface area contributed by atoms with Crippen LogP contribution in [-0.2, 0) is 11.2 Å². The molecule has 0 aromatic heterocycles. The van der Waals surface area contributed by atoms with Crippen LogP contribution in [0.25, 0.3) is 0 Å². The lowest BCUT2D eigenvalue weighted by atomic mass is 9.73. The van der Waals surface area contributed by atoms with Crippen molar-refractivity contribution in [3.63, 3.8) is 0 Å². The summed E-state index contributed by atoms with van der Waals surface area (Å²) in [6.07, 6.45) is 1.55. The summed E-state index contributed by atoms with van der Waals surface area (Å²) in [5.74, 6) is -2.46. The molecule has 0 bridgehead atoms. The molecule has 31 heavy (non-hydrogen) atoms. The summed E-state index contributed by atoms with van der Waals surface area (Å²) < 4.78 is 42.3. The summed E-state index contributed by atoms with van der Waals surface area (Å²) in [6.45, 7) is 8.06. The number of alkyl halides is 3. The van der Waals surface area contributed by atoms with Gasteiger partial charge in [0.2, 0.25) is 0 Å². The van der Waals surface area contributed by atoms with Gasteiger partial charge < -0.3 is 14.9 Å². The van der Waals surface area contributed by atoms with E-state index in [0.29, 0.717) is 12.8 Å². The van der Waals surface area contributed by atoms with Crippen molar-refractivity contribution in [1.82, 2.24) is 0 Å². The molecular formula is C24H31F3O4. The van der Waals surface area contributed by atoms with E-state index in [1.54, 1.807) is 0 Å². The number of halogens is 3. The van der Waals surface area contributed by atoms with Crippen LogP contribution in [0.3, 0.4) is 0 Å². The lowest BCUT2D eigenvalue weighted by Crippen LogP contribution is -2.22. The maximum Gasteiger partial charge on any atom is 0.422 e. The van der Waals surface area contributed by atoms with E-state index in [-0.39, 0.29) is 28.4 Å². The molecule has 1 unspecified atom stereocenters. The first kappa shape index (κ1) is 24.8. The Morgan fingerprint density at radius 2 is 1.97 bits per heavy atom. The van der Waals surface area contributed by atoms with Gasteiger partial charge >= 0.3 is 12.1 Å². The molecule has 1 aromatic rings. The number of aryl methyl sites for hydroxylation is 1. The van der Waals surface area contributed by atoms with E-state index in [9.17, 15) is 28.2 Å². The van der Waals surface area contributed by atoms with Gasteiger partial charge in [0.15, 0.2) is 6.61 Å². The predicted octanol–water partition coefficient (Wildman–Crippen LogP) is 6.57. The first-order valence-corrected chi connectivity index (χ1v) is 10.6. The number of hydrogen-bond acceptors (Lipinski definition) is 4. The van der Waals surface area contributed by atoms with Crippen molar-refractivity contribution in [2.45, 2.75) is 71.4 Å². The van der Waals surface area contributed by atoms with Gasteiger partial charge in [0, 0.05) is 11.5 Å². The van der Waals surface area contributed by atoms with Gasteiger partial charge in [-0.1, -0.05) is 43.6 Å². The Hall–Kier alpha value is -2.44. The third-order valence-corrected chi connectivity index (χ3v) is 5.73. The minimum Gasteiger partial charge on any atom is -0.507 e. The number of esters is 1. The van der Waals surface area contributed by atoms with Crippen molar-refractivity contribution < 1.29 is 32.9 Å². The number of phenolic OH excluding ortho intramolecular Hbond substituents is 2. The van der Waals surface area contributed by atoms with Crippen LogP contribution in [0.5, 0.6) is 11.5 Å². The lowest BCUT2D eigenvalue weighted by molar-refractivity contribution is -0.161. The van der Waals surface area contributed by atoms with Crippen LogP contribution in [0, 0.1) is 5.92 Å². The molecule has 0 saturated carbocycles. The molecule has 7 heteroatoms. The smallest absolute Gasteiger partial charge is 0.422 e. The molecule has 1 aliphatic carbocycles. The lowest BCUT2D eigenvalue weighted by Gasteiger charge is -2.32. The number of carbonyl (C=O) groups excluding carboxylic acids is 1. The number of rotatable bonds is 8. The number of aromatic hydroxyl groups is 2. The monoisotopic (exact) mass is 440 g/mol. The highest BCUT2D eigenvalue weighted by Crippen LogP contribution is 2.48. The second kappa shape index (κ2) is 10.2. The van der Waals surface area contributed by atoms with Crippen LogP contribution in [0.4, 0.5) is 13.2 Å². The number of phenols is 2. The second-order valence-electron chi connectivity index (χ2n) is 8.37. The molecule has 0 saturated heterocycles. The first-order chi connectivity index (χ1) is 14.5. The normalized spacial score (nSPS) is 19.1. The summed E-state index contributed by atoms with van der Waals surface area (Å²) in [5.41, 5.74) is 2.04. The molecule has 0 aliphatic heterocycles. The van der Waals surface area contributed by atoms with Gasteiger partial charge in [-0.2, -0.15) is 13.2 Å². The molecule has 4 nitrogen and oxygen atoms in total. The van der Waals surface area contributed by atoms with E-state index < -0.39 is 30.4 Å². The number of hydrogen-bond donors (Lipinski definition) is 2. The molecule has 0 fully saturated rings. The van der Waals surface area contributed by atoms with Crippen LogP contribution in [-0.4, -0.2) is 29.0 Å². The van der Waals surface area contributed by atoms with E-state index in [4.69, 9.17) is 0 Å². The number of benzene rings is 1. The van der Waals surface area contributed by atoms with Crippen molar-refractivity contribution in [2.75, 3.05) is 6.61 Å². The highest BCUT2D eigenvalue weighted by atomic mass is 19.4. The van der Waals surface area contributed by atoms with Crippen molar-refractivity contribution in [2.24, 2.45) is 5.92 Å². The Balaban J connectivity index is 2.58. The van der Waals surface area contributed by atoms with Crippen molar-refractivity contribution in [3.8, 4) is 11.5 Å². The first-order valence-electron chi connectivity index (χ1n) is 10.6. The summed E-state index contributed by atoms with van der Waals surface area (Å²) >= 11 is 0. The quantitative estimate of drug-likeness (QED) is 0.273. The maximum absolute atomic E-state index is 12.6.